The van der Waals surface area contributed by atoms with Gasteiger partial charge >= 0.3 is 0 Å². The van der Waals surface area contributed by atoms with Crippen molar-refractivity contribution in [3.8, 4) is 5.88 Å². The summed E-state index contributed by atoms with van der Waals surface area (Å²) in [5.74, 6) is 1.16. The van der Waals surface area contributed by atoms with Crippen LogP contribution in [0.5, 0.6) is 5.88 Å². The SMILES string of the molecule is COc1ccc([C@H](NC(=O)C2CCCC2)C2CC(O)C2)cn1. The van der Waals surface area contributed by atoms with E-state index >= 15 is 0 Å². The predicted octanol–water partition coefficient (Wildman–Crippen LogP) is 2.21. The normalized spacial score (nSPS) is 26.3. The van der Waals surface area contributed by atoms with Gasteiger partial charge in [0.25, 0.3) is 0 Å². The summed E-state index contributed by atoms with van der Waals surface area (Å²) in [7, 11) is 1.59. The van der Waals surface area contributed by atoms with E-state index in [-0.39, 0.29) is 29.9 Å². The number of hydrogen-bond acceptors (Lipinski definition) is 4. The van der Waals surface area contributed by atoms with Crippen LogP contribution >= 0.6 is 0 Å². The number of hydrogen-bond donors (Lipinski definition) is 2. The van der Waals surface area contributed by atoms with Crippen LogP contribution in [0.15, 0.2) is 18.3 Å². The summed E-state index contributed by atoms with van der Waals surface area (Å²) in [6.07, 6.45) is 7.29. The second-order valence-corrected chi connectivity index (χ2v) is 6.49. The molecule has 0 aliphatic heterocycles. The Labute approximate surface area is 131 Å². The third-order valence-electron chi connectivity index (χ3n) is 4.97. The highest BCUT2D eigenvalue weighted by Crippen LogP contribution is 2.38. The molecule has 2 N–H and O–H groups in total. The number of pyridine rings is 1. The van der Waals surface area contributed by atoms with Crippen molar-refractivity contribution in [3.05, 3.63) is 23.9 Å². The first-order valence-electron chi connectivity index (χ1n) is 8.15. The van der Waals surface area contributed by atoms with E-state index in [0.717, 1.165) is 44.1 Å². The minimum Gasteiger partial charge on any atom is -0.481 e. The van der Waals surface area contributed by atoms with Crippen LogP contribution in [0.1, 0.15) is 50.1 Å². The molecule has 2 fully saturated rings. The fourth-order valence-corrected chi connectivity index (χ4v) is 3.53. The number of carbonyl (C=O) groups excluding carboxylic acids is 1. The maximum Gasteiger partial charge on any atom is 0.223 e. The van der Waals surface area contributed by atoms with Gasteiger partial charge < -0.3 is 15.2 Å². The lowest BCUT2D eigenvalue weighted by molar-refractivity contribution is -0.126. The third-order valence-corrected chi connectivity index (χ3v) is 4.97. The number of rotatable bonds is 5. The van der Waals surface area contributed by atoms with Gasteiger partial charge in [-0.15, -0.1) is 0 Å². The van der Waals surface area contributed by atoms with Gasteiger partial charge in [-0.1, -0.05) is 18.9 Å². The summed E-state index contributed by atoms with van der Waals surface area (Å²) >= 11 is 0. The summed E-state index contributed by atoms with van der Waals surface area (Å²) in [6.45, 7) is 0. The number of methoxy groups -OCH3 is 1. The average Bonchev–Trinajstić information content (AvgIpc) is 3.04. The molecule has 3 rings (SSSR count). The zero-order valence-corrected chi connectivity index (χ0v) is 13.0. The molecule has 22 heavy (non-hydrogen) atoms. The Bertz CT molecular complexity index is 505. The van der Waals surface area contributed by atoms with E-state index in [9.17, 15) is 9.90 Å². The van der Waals surface area contributed by atoms with Crippen LogP contribution in [0.4, 0.5) is 0 Å². The molecule has 5 nitrogen and oxygen atoms in total. The van der Waals surface area contributed by atoms with Crippen molar-refractivity contribution in [3.63, 3.8) is 0 Å². The van der Waals surface area contributed by atoms with Gasteiger partial charge in [-0.25, -0.2) is 4.98 Å². The largest absolute Gasteiger partial charge is 0.481 e. The Morgan fingerprint density at radius 3 is 2.64 bits per heavy atom. The molecule has 1 atom stereocenters. The fraction of sp³-hybridized carbons (Fsp3) is 0.647. The Morgan fingerprint density at radius 2 is 2.09 bits per heavy atom. The van der Waals surface area contributed by atoms with Gasteiger partial charge in [0.15, 0.2) is 0 Å². The molecule has 2 aliphatic rings. The molecule has 0 unspecified atom stereocenters. The highest BCUT2D eigenvalue weighted by atomic mass is 16.5. The molecular weight excluding hydrogens is 280 g/mol. The van der Waals surface area contributed by atoms with E-state index in [1.807, 2.05) is 12.1 Å². The Morgan fingerprint density at radius 1 is 1.36 bits per heavy atom. The molecule has 0 spiro atoms. The first kappa shape index (κ1) is 15.3. The number of ether oxygens (including phenoxy) is 1. The molecule has 5 heteroatoms. The fourth-order valence-electron chi connectivity index (χ4n) is 3.53. The predicted molar refractivity (Wildman–Crippen MR) is 82.4 cm³/mol. The van der Waals surface area contributed by atoms with Crippen molar-refractivity contribution in [1.29, 1.82) is 0 Å². The topological polar surface area (TPSA) is 71.5 Å². The summed E-state index contributed by atoms with van der Waals surface area (Å²) < 4.78 is 5.09. The van der Waals surface area contributed by atoms with Gasteiger partial charge in [0.1, 0.15) is 0 Å². The molecule has 0 radical (unpaired) electrons. The van der Waals surface area contributed by atoms with Gasteiger partial charge in [-0.05, 0) is 37.2 Å². The summed E-state index contributed by atoms with van der Waals surface area (Å²) in [6, 6.07) is 3.71. The van der Waals surface area contributed by atoms with E-state index in [1.54, 1.807) is 13.3 Å². The maximum absolute atomic E-state index is 12.5. The van der Waals surface area contributed by atoms with Gasteiger partial charge in [-0.2, -0.15) is 0 Å². The van der Waals surface area contributed by atoms with Crippen LogP contribution in [0.25, 0.3) is 0 Å². The van der Waals surface area contributed by atoms with Gasteiger partial charge in [0.05, 0.1) is 19.3 Å². The molecule has 0 aromatic carbocycles. The monoisotopic (exact) mass is 304 g/mol. The lowest BCUT2D eigenvalue weighted by atomic mass is 9.75. The molecule has 1 heterocycles. The lowest BCUT2D eigenvalue weighted by Gasteiger charge is -2.38. The Kier molecular flexibility index (Phi) is 4.62. The van der Waals surface area contributed by atoms with Crippen molar-refractivity contribution in [2.24, 2.45) is 11.8 Å². The van der Waals surface area contributed by atoms with E-state index in [0.29, 0.717) is 5.88 Å². The molecule has 0 bridgehead atoms. The van der Waals surface area contributed by atoms with Crippen LogP contribution in [0.3, 0.4) is 0 Å². The van der Waals surface area contributed by atoms with Crippen molar-refractivity contribution >= 4 is 5.91 Å². The Hall–Kier alpha value is -1.62. The van der Waals surface area contributed by atoms with E-state index in [1.165, 1.54) is 0 Å². The van der Waals surface area contributed by atoms with E-state index in [2.05, 4.69) is 10.3 Å². The van der Waals surface area contributed by atoms with Crippen molar-refractivity contribution < 1.29 is 14.6 Å². The average molecular weight is 304 g/mol. The number of aromatic nitrogens is 1. The van der Waals surface area contributed by atoms with Crippen molar-refractivity contribution in [1.82, 2.24) is 10.3 Å². The van der Waals surface area contributed by atoms with Crippen LogP contribution in [0, 0.1) is 11.8 Å². The number of aliphatic hydroxyl groups excluding tert-OH is 1. The number of nitrogens with one attached hydrogen (secondary N) is 1. The molecule has 2 saturated carbocycles. The van der Waals surface area contributed by atoms with Crippen LogP contribution < -0.4 is 10.1 Å². The Balaban J connectivity index is 1.72. The molecule has 0 saturated heterocycles. The minimum absolute atomic E-state index is 0.0603. The summed E-state index contributed by atoms with van der Waals surface area (Å²) in [5.41, 5.74) is 0.990. The standard InChI is InChI=1S/C17H24N2O3/c1-22-15-7-6-12(10-18-15)16(13-8-14(20)9-13)19-17(21)11-4-2-3-5-11/h6-7,10-11,13-14,16,20H,2-5,8-9H2,1H3,(H,19,21)/t13?,14?,16-/m0/s1. The number of carbonyl (C=O) groups is 1. The van der Waals surface area contributed by atoms with E-state index < -0.39 is 0 Å². The lowest BCUT2D eigenvalue weighted by Crippen LogP contribution is -2.43. The van der Waals surface area contributed by atoms with Crippen LogP contribution in [-0.4, -0.2) is 29.2 Å². The van der Waals surface area contributed by atoms with Crippen molar-refractivity contribution in [2.45, 2.75) is 50.7 Å². The highest BCUT2D eigenvalue weighted by molar-refractivity contribution is 5.79. The second-order valence-electron chi connectivity index (χ2n) is 6.49. The molecular formula is C17H24N2O3. The van der Waals surface area contributed by atoms with Crippen LogP contribution in [-0.2, 0) is 4.79 Å². The first-order valence-corrected chi connectivity index (χ1v) is 8.15. The molecule has 1 aromatic rings. The summed E-state index contributed by atoms with van der Waals surface area (Å²) in [4.78, 5) is 16.7. The number of nitrogens with zero attached hydrogens (tertiary/aromatic N) is 1. The summed E-state index contributed by atoms with van der Waals surface area (Å²) in [5, 5.41) is 12.8. The van der Waals surface area contributed by atoms with Gasteiger partial charge in [-0.3, -0.25) is 4.79 Å². The third kappa shape index (κ3) is 3.24. The highest BCUT2D eigenvalue weighted by Gasteiger charge is 2.37. The second kappa shape index (κ2) is 6.65. The molecule has 1 aromatic heterocycles. The quantitative estimate of drug-likeness (QED) is 0.875. The van der Waals surface area contributed by atoms with E-state index in [4.69, 9.17) is 4.74 Å². The number of aliphatic hydroxyl groups is 1. The van der Waals surface area contributed by atoms with Gasteiger partial charge in [0, 0.05) is 18.2 Å². The first-order chi connectivity index (χ1) is 10.7. The zero-order chi connectivity index (χ0) is 15.5. The van der Waals surface area contributed by atoms with Crippen LogP contribution in [0.2, 0.25) is 0 Å². The maximum atomic E-state index is 12.5. The van der Waals surface area contributed by atoms with Crippen molar-refractivity contribution in [2.75, 3.05) is 7.11 Å². The molecule has 120 valence electrons. The van der Waals surface area contributed by atoms with Gasteiger partial charge in [0.2, 0.25) is 11.8 Å². The molecule has 2 aliphatic carbocycles. The number of amides is 1. The smallest absolute Gasteiger partial charge is 0.223 e. The minimum atomic E-state index is -0.234. The zero-order valence-electron chi connectivity index (χ0n) is 13.0. The molecule has 1 amide bonds.